The summed E-state index contributed by atoms with van der Waals surface area (Å²) in [7, 11) is 0. The molecule has 0 fully saturated rings. The van der Waals surface area contributed by atoms with Crippen molar-refractivity contribution >= 4 is 0 Å². The topological polar surface area (TPSA) is 26.0 Å². The first-order valence-electron chi connectivity index (χ1n) is 4.93. The van der Waals surface area contributed by atoms with Gasteiger partial charge in [-0.05, 0) is 48.6 Å². The van der Waals surface area contributed by atoms with Crippen molar-refractivity contribution in [1.29, 1.82) is 0 Å². The first-order valence-corrected chi connectivity index (χ1v) is 4.93. The fourth-order valence-corrected chi connectivity index (χ4v) is 1.63. The molecule has 0 aromatic heterocycles. The number of halogens is 1. The van der Waals surface area contributed by atoms with E-state index in [0.717, 1.165) is 17.5 Å². The Morgan fingerprint density at radius 1 is 1.29 bits per heavy atom. The van der Waals surface area contributed by atoms with Gasteiger partial charge < -0.3 is 5.73 Å². The maximum Gasteiger partial charge on any atom is 0.123 e. The van der Waals surface area contributed by atoms with Crippen LogP contribution in [0, 0.1) is 12.7 Å². The average Bonchev–Trinajstić information content (AvgIpc) is 2.02. The molecule has 0 unspecified atom stereocenters. The van der Waals surface area contributed by atoms with Crippen molar-refractivity contribution in [3.8, 4) is 0 Å². The van der Waals surface area contributed by atoms with E-state index in [1.165, 1.54) is 0 Å². The number of benzene rings is 1. The Hall–Kier alpha value is -0.890. The molecule has 2 heteroatoms. The summed E-state index contributed by atoms with van der Waals surface area (Å²) in [5.41, 5.74) is 7.49. The number of rotatable bonds is 3. The molecular formula is C12H18FN. The Kier molecular flexibility index (Phi) is 3.27. The summed E-state index contributed by atoms with van der Waals surface area (Å²) >= 11 is 0. The molecule has 0 heterocycles. The van der Waals surface area contributed by atoms with Gasteiger partial charge in [-0.2, -0.15) is 0 Å². The third-order valence-electron chi connectivity index (χ3n) is 2.59. The second kappa shape index (κ2) is 4.09. The number of hydrogen-bond acceptors (Lipinski definition) is 1. The Balaban J connectivity index is 3.05. The molecule has 1 rings (SSSR count). The van der Waals surface area contributed by atoms with E-state index >= 15 is 0 Å². The van der Waals surface area contributed by atoms with Crippen LogP contribution in [-0.2, 0) is 5.41 Å². The molecule has 2 N–H and O–H groups in total. The van der Waals surface area contributed by atoms with E-state index < -0.39 is 0 Å². The van der Waals surface area contributed by atoms with Gasteiger partial charge in [0.15, 0.2) is 0 Å². The largest absolute Gasteiger partial charge is 0.330 e. The van der Waals surface area contributed by atoms with Gasteiger partial charge in [-0.1, -0.05) is 19.9 Å². The lowest BCUT2D eigenvalue weighted by Crippen LogP contribution is -2.21. The lowest BCUT2D eigenvalue weighted by molar-refractivity contribution is 0.482. The highest BCUT2D eigenvalue weighted by molar-refractivity contribution is 5.29. The van der Waals surface area contributed by atoms with Gasteiger partial charge in [0.05, 0.1) is 0 Å². The molecule has 0 aliphatic carbocycles. The zero-order valence-corrected chi connectivity index (χ0v) is 9.10. The van der Waals surface area contributed by atoms with Crippen LogP contribution in [0.1, 0.15) is 31.4 Å². The first-order chi connectivity index (χ1) is 6.45. The summed E-state index contributed by atoms with van der Waals surface area (Å²) in [4.78, 5) is 0. The average molecular weight is 195 g/mol. The monoisotopic (exact) mass is 195 g/mol. The summed E-state index contributed by atoms with van der Waals surface area (Å²) in [6.45, 7) is 6.72. The van der Waals surface area contributed by atoms with E-state index in [1.54, 1.807) is 12.1 Å². The first kappa shape index (κ1) is 11.2. The molecule has 0 atom stereocenters. The van der Waals surface area contributed by atoms with Crippen LogP contribution < -0.4 is 5.73 Å². The van der Waals surface area contributed by atoms with Gasteiger partial charge in [-0.25, -0.2) is 4.39 Å². The quantitative estimate of drug-likeness (QED) is 0.788. The minimum Gasteiger partial charge on any atom is -0.330 e. The van der Waals surface area contributed by atoms with Gasteiger partial charge in [0.1, 0.15) is 5.82 Å². The smallest absolute Gasteiger partial charge is 0.123 e. The fraction of sp³-hybridized carbons (Fsp3) is 0.500. The van der Waals surface area contributed by atoms with Crippen LogP contribution >= 0.6 is 0 Å². The number of hydrogen-bond donors (Lipinski definition) is 1. The molecule has 0 bridgehead atoms. The SMILES string of the molecule is Cc1cc(F)cc(C(C)(C)CCN)c1. The Morgan fingerprint density at radius 3 is 2.43 bits per heavy atom. The second-order valence-electron chi connectivity index (χ2n) is 4.44. The molecule has 0 aliphatic rings. The lowest BCUT2D eigenvalue weighted by Gasteiger charge is -2.25. The van der Waals surface area contributed by atoms with Crippen LogP contribution in [0.3, 0.4) is 0 Å². The van der Waals surface area contributed by atoms with Crippen molar-refractivity contribution in [2.24, 2.45) is 5.73 Å². The summed E-state index contributed by atoms with van der Waals surface area (Å²) in [6, 6.07) is 5.17. The van der Waals surface area contributed by atoms with E-state index in [9.17, 15) is 4.39 Å². The predicted molar refractivity (Wildman–Crippen MR) is 57.8 cm³/mol. The van der Waals surface area contributed by atoms with E-state index in [1.807, 2.05) is 13.0 Å². The van der Waals surface area contributed by atoms with Gasteiger partial charge in [0, 0.05) is 0 Å². The van der Waals surface area contributed by atoms with Gasteiger partial charge in [-0.15, -0.1) is 0 Å². The van der Waals surface area contributed by atoms with Crippen LogP contribution in [-0.4, -0.2) is 6.54 Å². The van der Waals surface area contributed by atoms with Crippen molar-refractivity contribution in [3.63, 3.8) is 0 Å². The molecule has 1 nitrogen and oxygen atoms in total. The van der Waals surface area contributed by atoms with Crippen molar-refractivity contribution in [2.75, 3.05) is 6.54 Å². The standard InChI is InChI=1S/C12H18FN/c1-9-6-10(8-11(13)7-9)12(2,3)4-5-14/h6-8H,4-5,14H2,1-3H3. The number of nitrogens with two attached hydrogens (primary N) is 1. The van der Waals surface area contributed by atoms with E-state index in [4.69, 9.17) is 5.73 Å². The predicted octanol–water partition coefficient (Wildman–Crippen LogP) is 2.76. The van der Waals surface area contributed by atoms with Crippen LogP contribution in [0.2, 0.25) is 0 Å². The molecule has 0 saturated heterocycles. The highest BCUT2D eigenvalue weighted by Crippen LogP contribution is 2.27. The van der Waals surface area contributed by atoms with Crippen molar-refractivity contribution < 1.29 is 4.39 Å². The summed E-state index contributed by atoms with van der Waals surface area (Å²) in [6.07, 6.45) is 0.871. The molecule has 14 heavy (non-hydrogen) atoms. The van der Waals surface area contributed by atoms with Crippen molar-refractivity contribution in [2.45, 2.75) is 32.6 Å². The Bertz CT molecular complexity index is 298. The molecule has 0 spiro atoms. The maximum absolute atomic E-state index is 13.2. The van der Waals surface area contributed by atoms with Crippen molar-refractivity contribution in [1.82, 2.24) is 0 Å². The van der Waals surface area contributed by atoms with Crippen molar-refractivity contribution in [3.05, 3.63) is 35.1 Å². The second-order valence-corrected chi connectivity index (χ2v) is 4.44. The summed E-state index contributed by atoms with van der Waals surface area (Å²) in [5, 5.41) is 0. The highest BCUT2D eigenvalue weighted by Gasteiger charge is 2.20. The Morgan fingerprint density at radius 2 is 1.93 bits per heavy atom. The molecule has 1 aromatic carbocycles. The lowest BCUT2D eigenvalue weighted by atomic mass is 9.81. The zero-order valence-electron chi connectivity index (χ0n) is 9.10. The molecule has 78 valence electrons. The van der Waals surface area contributed by atoms with E-state index in [-0.39, 0.29) is 11.2 Å². The zero-order chi connectivity index (χ0) is 10.8. The van der Waals surface area contributed by atoms with Crippen LogP contribution in [0.5, 0.6) is 0 Å². The van der Waals surface area contributed by atoms with E-state index in [2.05, 4.69) is 13.8 Å². The van der Waals surface area contributed by atoms with Gasteiger partial charge in [0.25, 0.3) is 0 Å². The van der Waals surface area contributed by atoms with E-state index in [0.29, 0.717) is 6.54 Å². The minimum atomic E-state index is -0.162. The number of aryl methyl sites for hydroxylation is 1. The van der Waals surface area contributed by atoms with Crippen LogP contribution in [0.25, 0.3) is 0 Å². The van der Waals surface area contributed by atoms with Gasteiger partial charge >= 0.3 is 0 Å². The molecule has 0 saturated carbocycles. The molecule has 0 aliphatic heterocycles. The van der Waals surface area contributed by atoms with Crippen LogP contribution in [0.4, 0.5) is 4.39 Å². The molecular weight excluding hydrogens is 177 g/mol. The summed E-state index contributed by atoms with van der Waals surface area (Å²) in [5.74, 6) is -0.162. The third-order valence-corrected chi connectivity index (χ3v) is 2.59. The van der Waals surface area contributed by atoms with Gasteiger partial charge in [-0.3, -0.25) is 0 Å². The normalized spacial score (nSPS) is 11.8. The third kappa shape index (κ3) is 2.55. The fourth-order valence-electron chi connectivity index (χ4n) is 1.63. The van der Waals surface area contributed by atoms with Gasteiger partial charge in [0.2, 0.25) is 0 Å². The minimum absolute atomic E-state index is 0.0401. The molecule has 0 amide bonds. The van der Waals surface area contributed by atoms with Crippen LogP contribution in [0.15, 0.2) is 18.2 Å². The highest BCUT2D eigenvalue weighted by atomic mass is 19.1. The molecule has 1 aromatic rings. The maximum atomic E-state index is 13.2. The molecule has 0 radical (unpaired) electrons. The summed E-state index contributed by atoms with van der Waals surface area (Å²) < 4.78 is 13.2. The Labute approximate surface area is 85.1 Å².